The summed E-state index contributed by atoms with van der Waals surface area (Å²) in [7, 11) is 0. The van der Waals surface area contributed by atoms with Gasteiger partial charge in [-0.25, -0.2) is 4.98 Å². The molecule has 0 amide bonds. The Morgan fingerprint density at radius 2 is 2.17 bits per heavy atom. The number of nitrogens with zero attached hydrogens (tertiary/aromatic N) is 3. The predicted octanol–water partition coefficient (Wildman–Crippen LogP) is 3.46. The molecule has 1 aromatic heterocycles. The fourth-order valence-electron chi connectivity index (χ4n) is 3.72. The number of fused-ring (bicyclic) bond motifs is 1. The highest BCUT2D eigenvalue weighted by Gasteiger charge is 2.45. The van der Waals surface area contributed by atoms with Crippen molar-refractivity contribution in [3.63, 3.8) is 0 Å². The quantitative estimate of drug-likeness (QED) is 0.731. The highest BCUT2D eigenvalue weighted by atomic mass is 35.5. The smallest absolute Gasteiger partial charge is 0.293 e. The summed E-state index contributed by atoms with van der Waals surface area (Å²) in [6.45, 7) is 1.42. The molecule has 4 atom stereocenters. The molecule has 0 N–H and O–H groups in total. The molecule has 0 radical (unpaired) electrons. The first-order chi connectivity index (χ1) is 11.0. The first-order valence-electron chi connectivity index (χ1n) is 7.82. The van der Waals surface area contributed by atoms with Gasteiger partial charge in [0.05, 0.1) is 5.38 Å². The molecule has 0 aromatic carbocycles. The Kier molecular flexibility index (Phi) is 5.72. The van der Waals surface area contributed by atoms with E-state index in [-0.39, 0.29) is 22.4 Å². The molecular weight excluding hydrogens is 377 g/mol. The Morgan fingerprint density at radius 1 is 1.39 bits per heavy atom. The normalized spacial score (nSPS) is 30.5. The maximum absolute atomic E-state index is 12.8. The van der Waals surface area contributed by atoms with E-state index in [0.717, 1.165) is 31.6 Å². The van der Waals surface area contributed by atoms with Gasteiger partial charge in [0, 0.05) is 36.5 Å². The summed E-state index contributed by atoms with van der Waals surface area (Å²) in [5.41, 5.74) is -0.0824. The average Bonchev–Trinajstić information content (AvgIpc) is 2.91. The van der Waals surface area contributed by atoms with Crippen molar-refractivity contribution in [1.29, 1.82) is 0 Å². The molecule has 3 unspecified atom stereocenters. The van der Waals surface area contributed by atoms with Crippen molar-refractivity contribution in [2.75, 3.05) is 23.5 Å². The number of halogens is 3. The lowest BCUT2D eigenvalue weighted by atomic mass is 9.84. The van der Waals surface area contributed by atoms with Crippen LogP contribution in [-0.4, -0.2) is 44.9 Å². The van der Waals surface area contributed by atoms with E-state index in [1.807, 2.05) is 6.26 Å². The van der Waals surface area contributed by atoms with Crippen LogP contribution >= 0.6 is 46.6 Å². The summed E-state index contributed by atoms with van der Waals surface area (Å²) >= 11 is 20.7. The van der Waals surface area contributed by atoms with Crippen molar-refractivity contribution >= 4 is 52.4 Å². The summed E-state index contributed by atoms with van der Waals surface area (Å²) in [4.78, 5) is 19.2. The van der Waals surface area contributed by atoms with Crippen LogP contribution in [0.5, 0.6) is 0 Å². The largest absolute Gasteiger partial charge is 0.347 e. The average molecular weight is 397 g/mol. The van der Waals surface area contributed by atoms with Crippen LogP contribution < -0.4 is 10.5 Å². The molecule has 0 bridgehead atoms. The Hall–Kier alpha value is -0.100. The first-order valence-corrected chi connectivity index (χ1v) is 10.5. The molecule has 23 heavy (non-hydrogen) atoms. The fraction of sp³-hybridized carbons (Fsp3) is 0.733. The lowest BCUT2D eigenvalue weighted by Crippen LogP contribution is -2.47. The van der Waals surface area contributed by atoms with Gasteiger partial charge >= 0.3 is 0 Å². The van der Waals surface area contributed by atoms with Gasteiger partial charge in [-0.15, -0.1) is 23.2 Å². The third kappa shape index (κ3) is 3.63. The van der Waals surface area contributed by atoms with Gasteiger partial charge in [-0.1, -0.05) is 11.6 Å². The Balaban J connectivity index is 1.92. The van der Waals surface area contributed by atoms with Crippen molar-refractivity contribution in [2.24, 2.45) is 5.92 Å². The lowest BCUT2D eigenvalue weighted by molar-refractivity contribution is 0.351. The topological polar surface area (TPSA) is 38.1 Å². The van der Waals surface area contributed by atoms with E-state index in [1.54, 1.807) is 22.5 Å². The van der Waals surface area contributed by atoms with Crippen LogP contribution in [0.15, 0.2) is 11.0 Å². The minimum Gasteiger partial charge on any atom is -0.347 e. The zero-order valence-electron chi connectivity index (χ0n) is 12.9. The van der Waals surface area contributed by atoms with Gasteiger partial charge in [-0.2, -0.15) is 11.8 Å². The zero-order valence-corrected chi connectivity index (χ0v) is 16.0. The van der Waals surface area contributed by atoms with Crippen LogP contribution in [0.3, 0.4) is 0 Å². The standard InChI is InChI=1S/C15H20Cl3N3OS/c1-23-5-4-20-8-12(18)19-14(15(20)22)21-3-2-9-6-10(16)7-11(17)13(9)21/h8-11,13H,2-7H2,1H3/t9?,10?,11?,13-/m0/s1. The van der Waals surface area contributed by atoms with Crippen LogP contribution in [0, 0.1) is 5.92 Å². The molecule has 1 aliphatic carbocycles. The zero-order chi connectivity index (χ0) is 16.6. The van der Waals surface area contributed by atoms with Crippen molar-refractivity contribution < 1.29 is 0 Å². The minimum absolute atomic E-state index is 0.0569. The second-order valence-corrected chi connectivity index (χ2v) is 8.75. The van der Waals surface area contributed by atoms with E-state index in [4.69, 9.17) is 34.8 Å². The van der Waals surface area contributed by atoms with Gasteiger partial charge < -0.3 is 9.47 Å². The molecular formula is C15H20Cl3N3OS. The number of hydrogen-bond donors (Lipinski definition) is 0. The van der Waals surface area contributed by atoms with Crippen LogP contribution in [-0.2, 0) is 6.54 Å². The molecule has 8 heteroatoms. The number of hydrogen-bond acceptors (Lipinski definition) is 4. The highest BCUT2D eigenvalue weighted by molar-refractivity contribution is 7.98. The van der Waals surface area contributed by atoms with Crippen molar-refractivity contribution in [3.8, 4) is 0 Å². The van der Waals surface area contributed by atoms with Crippen molar-refractivity contribution in [1.82, 2.24) is 9.55 Å². The Labute approximate surface area is 155 Å². The summed E-state index contributed by atoms with van der Waals surface area (Å²) < 4.78 is 1.66. The molecule has 0 spiro atoms. The Morgan fingerprint density at radius 3 is 2.91 bits per heavy atom. The van der Waals surface area contributed by atoms with Gasteiger partial charge in [0.2, 0.25) is 0 Å². The third-order valence-electron chi connectivity index (χ3n) is 4.73. The Bertz CT molecular complexity index is 626. The number of thioether (sulfide) groups is 1. The van der Waals surface area contributed by atoms with Gasteiger partial charge in [-0.05, 0) is 31.4 Å². The first kappa shape index (κ1) is 17.7. The van der Waals surface area contributed by atoms with Crippen LogP contribution in [0.1, 0.15) is 19.3 Å². The monoisotopic (exact) mass is 395 g/mol. The number of rotatable bonds is 4. The van der Waals surface area contributed by atoms with Gasteiger partial charge in [0.1, 0.15) is 5.15 Å². The molecule has 1 saturated carbocycles. The summed E-state index contributed by atoms with van der Waals surface area (Å²) in [6, 6.07) is 0.124. The summed E-state index contributed by atoms with van der Waals surface area (Å²) in [5, 5.41) is 0.421. The summed E-state index contributed by atoms with van der Waals surface area (Å²) in [5.74, 6) is 1.72. The summed E-state index contributed by atoms with van der Waals surface area (Å²) in [6.07, 6.45) is 6.35. The molecule has 1 aromatic rings. The van der Waals surface area contributed by atoms with Crippen LogP contribution in [0.2, 0.25) is 5.15 Å². The molecule has 3 rings (SSSR count). The molecule has 2 fully saturated rings. The number of aryl methyl sites for hydroxylation is 1. The van der Waals surface area contributed by atoms with E-state index in [1.165, 1.54) is 0 Å². The lowest BCUT2D eigenvalue weighted by Gasteiger charge is -2.37. The fourth-order valence-corrected chi connectivity index (χ4v) is 5.36. The maximum Gasteiger partial charge on any atom is 0.293 e. The van der Waals surface area contributed by atoms with Crippen LogP contribution in [0.4, 0.5) is 5.82 Å². The predicted molar refractivity (Wildman–Crippen MR) is 99.6 cm³/mol. The van der Waals surface area contributed by atoms with E-state index >= 15 is 0 Å². The molecule has 2 aliphatic rings. The number of alkyl halides is 2. The van der Waals surface area contributed by atoms with Gasteiger partial charge in [0.25, 0.3) is 5.56 Å². The van der Waals surface area contributed by atoms with Crippen molar-refractivity contribution in [2.45, 2.75) is 42.6 Å². The molecule has 128 valence electrons. The number of aromatic nitrogens is 2. The highest BCUT2D eigenvalue weighted by Crippen LogP contribution is 2.41. The van der Waals surface area contributed by atoms with Gasteiger partial charge in [-0.3, -0.25) is 4.79 Å². The van der Waals surface area contributed by atoms with E-state index in [0.29, 0.717) is 23.4 Å². The van der Waals surface area contributed by atoms with E-state index in [9.17, 15) is 4.79 Å². The SMILES string of the molecule is CSCCn1cc(Cl)nc(N2CCC3CC(Cl)CC(Cl)[C@H]32)c1=O. The molecule has 1 aliphatic heterocycles. The molecule has 2 heterocycles. The number of anilines is 1. The minimum atomic E-state index is -0.0824. The van der Waals surface area contributed by atoms with Crippen molar-refractivity contribution in [3.05, 3.63) is 21.7 Å². The van der Waals surface area contributed by atoms with E-state index in [2.05, 4.69) is 9.88 Å². The van der Waals surface area contributed by atoms with Gasteiger partial charge in [0.15, 0.2) is 5.82 Å². The van der Waals surface area contributed by atoms with Crippen LogP contribution in [0.25, 0.3) is 0 Å². The third-order valence-corrected chi connectivity index (χ3v) is 6.29. The maximum atomic E-state index is 12.8. The molecule has 1 saturated heterocycles. The molecule has 4 nitrogen and oxygen atoms in total. The van der Waals surface area contributed by atoms with E-state index < -0.39 is 0 Å². The second-order valence-electron chi connectivity index (χ2n) is 6.20. The second kappa shape index (κ2) is 7.42.